The molecule has 110 valence electrons. The zero-order valence-corrected chi connectivity index (χ0v) is 13.2. The van der Waals surface area contributed by atoms with E-state index in [1.165, 1.54) is 10.9 Å². The molecule has 0 aliphatic carbocycles. The van der Waals surface area contributed by atoms with Crippen LogP contribution in [0.3, 0.4) is 0 Å². The second kappa shape index (κ2) is 5.95. The molecule has 4 nitrogen and oxygen atoms in total. The number of thiazole rings is 1. The Morgan fingerprint density at radius 2 is 2.29 bits per heavy atom. The Kier molecular flexibility index (Phi) is 4.03. The molecule has 3 rings (SSSR count). The van der Waals surface area contributed by atoms with Crippen LogP contribution in [0.1, 0.15) is 29.6 Å². The van der Waals surface area contributed by atoms with Crippen LogP contribution in [0.25, 0.3) is 11.0 Å². The van der Waals surface area contributed by atoms with Crippen LogP contribution in [-0.4, -0.2) is 20.6 Å². The lowest BCUT2D eigenvalue weighted by Crippen LogP contribution is -2.21. The van der Waals surface area contributed by atoms with Crippen molar-refractivity contribution < 1.29 is 0 Å². The summed E-state index contributed by atoms with van der Waals surface area (Å²) in [5.41, 5.74) is 9.50. The molecule has 3 aromatic heterocycles. The average molecular weight is 300 g/mol. The second-order valence-electron chi connectivity index (χ2n) is 5.39. The maximum Gasteiger partial charge on any atom is 0.140 e. The van der Waals surface area contributed by atoms with Gasteiger partial charge < -0.3 is 10.3 Å². The highest BCUT2D eigenvalue weighted by Gasteiger charge is 2.12. The van der Waals surface area contributed by atoms with Gasteiger partial charge in [-0.2, -0.15) is 0 Å². The first-order valence-corrected chi connectivity index (χ1v) is 8.14. The smallest absolute Gasteiger partial charge is 0.140 e. The van der Waals surface area contributed by atoms with Gasteiger partial charge in [-0.1, -0.05) is 6.92 Å². The Morgan fingerprint density at radius 3 is 3.00 bits per heavy atom. The van der Waals surface area contributed by atoms with Crippen LogP contribution in [0.4, 0.5) is 0 Å². The van der Waals surface area contributed by atoms with E-state index in [4.69, 9.17) is 5.73 Å². The summed E-state index contributed by atoms with van der Waals surface area (Å²) in [7, 11) is 0. The summed E-state index contributed by atoms with van der Waals surface area (Å²) in [4.78, 5) is 9.08. The molecule has 0 saturated heterocycles. The van der Waals surface area contributed by atoms with Gasteiger partial charge in [0.1, 0.15) is 5.65 Å². The molecule has 0 fully saturated rings. The molecule has 3 heterocycles. The van der Waals surface area contributed by atoms with Crippen LogP contribution < -0.4 is 5.73 Å². The standard InChI is InChI=1S/C16H20N4S/c1-3-13(17)7-12-8-20(9-14-10-21-11(2)19-14)16-15(12)5-4-6-18-16/h4-6,8,10,13H,3,7,9,17H2,1-2H3. The lowest BCUT2D eigenvalue weighted by Gasteiger charge is -2.06. The quantitative estimate of drug-likeness (QED) is 0.787. The monoisotopic (exact) mass is 300 g/mol. The van der Waals surface area contributed by atoms with Crippen LogP contribution in [0.2, 0.25) is 0 Å². The van der Waals surface area contributed by atoms with Crippen molar-refractivity contribution in [2.45, 2.75) is 39.3 Å². The van der Waals surface area contributed by atoms with Crippen LogP contribution in [0.5, 0.6) is 0 Å². The van der Waals surface area contributed by atoms with Crippen LogP contribution >= 0.6 is 11.3 Å². The van der Waals surface area contributed by atoms with E-state index in [1.807, 2.05) is 19.2 Å². The van der Waals surface area contributed by atoms with Gasteiger partial charge >= 0.3 is 0 Å². The third-order valence-electron chi connectivity index (χ3n) is 3.72. The van der Waals surface area contributed by atoms with Crippen molar-refractivity contribution >= 4 is 22.4 Å². The molecule has 0 spiro atoms. The molecule has 0 aromatic carbocycles. The van der Waals surface area contributed by atoms with Crippen LogP contribution in [-0.2, 0) is 13.0 Å². The van der Waals surface area contributed by atoms with Crippen molar-refractivity contribution in [2.24, 2.45) is 5.73 Å². The molecule has 0 bridgehead atoms. The van der Waals surface area contributed by atoms with Crippen molar-refractivity contribution in [3.05, 3.63) is 46.2 Å². The summed E-state index contributed by atoms with van der Waals surface area (Å²) in [5, 5.41) is 4.41. The molecule has 1 atom stereocenters. The van der Waals surface area contributed by atoms with Gasteiger partial charge in [0.15, 0.2) is 0 Å². The normalized spacial score (nSPS) is 12.9. The van der Waals surface area contributed by atoms with E-state index in [0.717, 1.165) is 35.7 Å². The Labute approximate surface area is 128 Å². The number of hydrogen-bond acceptors (Lipinski definition) is 4. The topological polar surface area (TPSA) is 56.7 Å². The molecule has 5 heteroatoms. The summed E-state index contributed by atoms with van der Waals surface area (Å²) in [6, 6.07) is 4.31. The Bertz CT molecular complexity index is 744. The number of nitrogens with two attached hydrogens (primary N) is 1. The largest absolute Gasteiger partial charge is 0.327 e. The molecule has 0 aliphatic rings. The fraction of sp³-hybridized carbons (Fsp3) is 0.375. The molecule has 3 aromatic rings. The number of rotatable bonds is 5. The zero-order chi connectivity index (χ0) is 14.8. The van der Waals surface area contributed by atoms with Gasteiger partial charge in [-0.05, 0) is 37.5 Å². The number of aromatic nitrogens is 3. The fourth-order valence-electron chi connectivity index (χ4n) is 2.56. The van der Waals surface area contributed by atoms with Crippen molar-refractivity contribution in [1.29, 1.82) is 0 Å². The van der Waals surface area contributed by atoms with E-state index in [9.17, 15) is 0 Å². The Morgan fingerprint density at radius 1 is 1.43 bits per heavy atom. The molecule has 0 radical (unpaired) electrons. The minimum absolute atomic E-state index is 0.200. The summed E-state index contributed by atoms with van der Waals surface area (Å²) in [6.45, 7) is 4.92. The molecule has 0 saturated carbocycles. The van der Waals surface area contributed by atoms with E-state index >= 15 is 0 Å². The third kappa shape index (κ3) is 2.99. The van der Waals surface area contributed by atoms with Crippen molar-refractivity contribution in [3.63, 3.8) is 0 Å². The first-order chi connectivity index (χ1) is 10.2. The van der Waals surface area contributed by atoms with Crippen LogP contribution in [0.15, 0.2) is 29.9 Å². The maximum atomic E-state index is 6.12. The Hall–Kier alpha value is -1.72. The van der Waals surface area contributed by atoms with Gasteiger partial charge in [0.25, 0.3) is 0 Å². The van der Waals surface area contributed by atoms with Gasteiger partial charge in [-0.25, -0.2) is 9.97 Å². The number of hydrogen-bond donors (Lipinski definition) is 1. The second-order valence-corrected chi connectivity index (χ2v) is 6.45. The highest BCUT2D eigenvalue weighted by atomic mass is 32.1. The first-order valence-electron chi connectivity index (χ1n) is 7.26. The van der Waals surface area contributed by atoms with Gasteiger partial charge in [0.05, 0.1) is 17.2 Å². The molecular weight excluding hydrogens is 280 g/mol. The predicted molar refractivity (Wildman–Crippen MR) is 87.7 cm³/mol. The zero-order valence-electron chi connectivity index (χ0n) is 12.4. The highest BCUT2D eigenvalue weighted by molar-refractivity contribution is 7.09. The summed E-state index contributed by atoms with van der Waals surface area (Å²) in [6.07, 6.45) is 5.90. The third-order valence-corrected chi connectivity index (χ3v) is 4.54. The van der Waals surface area contributed by atoms with Gasteiger partial charge in [0, 0.05) is 29.2 Å². The minimum atomic E-state index is 0.200. The summed E-state index contributed by atoms with van der Waals surface area (Å²) >= 11 is 1.69. The van der Waals surface area contributed by atoms with Gasteiger partial charge in [-0.3, -0.25) is 0 Å². The molecule has 0 amide bonds. The molecule has 0 aliphatic heterocycles. The van der Waals surface area contributed by atoms with Gasteiger partial charge in [0.2, 0.25) is 0 Å². The first kappa shape index (κ1) is 14.2. The summed E-state index contributed by atoms with van der Waals surface area (Å²) in [5.74, 6) is 0. The molecule has 2 N–H and O–H groups in total. The van der Waals surface area contributed by atoms with Crippen molar-refractivity contribution in [1.82, 2.24) is 14.5 Å². The molecule has 1 unspecified atom stereocenters. The van der Waals surface area contributed by atoms with E-state index in [2.05, 4.69) is 39.1 Å². The van der Waals surface area contributed by atoms with Gasteiger partial charge in [-0.15, -0.1) is 11.3 Å². The van der Waals surface area contributed by atoms with Crippen molar-refractivity contribution in [2.75, 3.05) is 0 Å². The fourth-order valence-corrected chi connectivity index (χ4v) is 3.16. The van der Waals surface area contributed by atoms with E-state index in [1.54, 1.807) is 11.3 Å². The number of nitrogens with zero attached hydrogens (tertiary/aromatic N) is 3. The Balaban J connectivity index is 1.98. The van der Waals surface area contributed by atoms with Crippen molar-refractivity contribution in [3.8, 4) is 0 Å². The number of pyridine rings is 1. The number of fused-ring (bicyclic) bond motifs is 1. The van der Waals surface area contributed by atoms with E-state index in [-0.39, 0.29) is 6.04 Å². The van der Waals surface area contributed by atoms with E-state index < -0.39 is 0 Å². The average Bonchev–Trinajstić information content (AvgIpc) is 3.04. The lowest BCUT2D eigenvalue weighted by atomic mass is 10.1. The van der Waals surface area contributed by atoms with Crippen LogP contribution in [0, 0.1) is 6.92 Å². The maximum absolute atomic E-state index is 6.12. The minimum Gasteiger partial charge on any atom is -0.327 e. The predicted octanol–water partition coefficient (Wildman–Crippen LogP) is 3.13. The SMILES string of the molecule is CCC(N)Cc1cn(Cc2csc(C)n2)c2ncccc12. The molecular formula is C16H20N4S. The lowest BCUT2D eigenvalue weighted by molar-refractivity contribution is 0.646. The number of aryl methyl sites for hydroxylation is 1. The highest BCUT2D eigenvalue weighted by Crippen LogP contribution is 2.22. The summed E-state index contributed by atoms with van der Waals surface area (Å²) < 4.78 is 2.18. The molecule has 21 heavy (non-hydrogen) atoms. The van der Waals surface area contributed by atoms with E-state index in [0.29, 0.717) is 0 Å².